The molecule has 0 bridgehead atoms. The van der Waals surface area contributed by atoms with Crippen LogP contribution in [0.3, 0.4) is 0 Å². The summed E-state index contributed by atoms with van der Waals surface area (Å²) < 4.78 is 12.3. The number of carbonyl (C=O) groups is 1. The molecule has 1 amide bonds. The predicted octanol–water partition coefficient (Wildman–Crippen LogP) is 3.29. The van der Waals surface area contributed by atoms with E-state index >= 15 is 0 Å². The van der Waals surface area contributed by atoms with Gasteiger partial charge in [0, 0.05) is 23.4 Å². The zero-order valence-electron chi connectivity index (χ0n) is 16.9. The number of ether oxygens (including phenoxy) is 2. The average Bonchev–Trinajstić information content (AvgIpc) is 2.91. The fraction of sp³-hybridized carbons (Fsp3) is 0.667. The van der Waals surface area contributed by atoms with Crippen LogP contribution in [0.1, 0.15) is 54.4 Å². The van der Waals surface area contributed by atoms with Crippen LogP contribution in [-0.4, -0.2) is 48.8 Å². The van der Waals surface area contributed by atoms with Gasteiger partial charge in [0.15, 0.2) is 0 Å². The van der Waals surface area contributed by atoms with Gasteiger partial charge in [-0.1, -0.05) is 11.1 Å². The van der Waals surface area contributed by atoms with Gasteiger partial charge in [-0.2, -0.15) is 0 Å². The fourth-order valence-electron chi connectivity index (χ4n) is 4.35. The summed E-state index contributed by atoms with van der Waals surface area (Å²) in [5, 5.41) is 2.92. The first-order chi connectivity index (χ1) is 12.3. The normalized spacial score (nSPS) is 30.8. The molecule has 0 aromatic heterocycles. The van der Waals surface area contributed by atoms with Gasteiger partial charge < -0.3 is 19.7 Å². The van der Waals surface area contributed by atoms with E-state index in [2.05, 4.69) is 51.8 Å². The molecule has 26 heavy (non-hydrogen) atoms. The first-order valence-electron chi connectivity index (χ1n) is 9.60. The van der Waals surface area contributed by atoms with E-state index in [4.69, 9.17) is 9.47 Å². The average molecular weight is 360 g/mol. The minimum absolute atomic E-state index is 0.0455. The molecule has 2 atom stereocenters. The molecule has 3 fully saturated rings. The van der Waals surface area contributed by atoms with E-state index in [1.807, 2.05) is 0 Å². The van der Waals surface area contributed by atoms with Crippen molar-refractivity contribution in [2.24, 2.45) is 0 Å². The van der Waals surface area contributed by atoms with Crippen molar-refractivity contribution in [1.82, 2.24) is 10.2 Å². The van der Waals surface area contributed by atoms with Gasteiger partial charge in [0.1, 0.15) is 11.9 Å². The molecule has 2 unspecified atom stereocenters. The molecule has 2 heterocycles. The van der Waals surface area contributed by atoms with Crippen LogP contribution < -0.4 is 5.32 Å². The Morgan fingerprint density at radius 3 is 2.27 bits per heavy atom. The lowest BCUT2D eigenvalue weighted by molar-refractivity contribution is -0.111. The summed E-state index contributed by atoms with van der Waals surface area (Å²) in [7, 11) is 0. The van der Waals surface area contributed by atoms with Gasteiger partial charge >= 0.3 is 0 Å². The van der Waals surface area contributed by atoms with Crippen LogP contribution >= 0.6 is 0 Å². The maximum Gasteiger partial charge on any atom is 0.207 e. The molecule has 3 aliphatic rings. The fourth-order valence-corrected chi connectivity index (χ4v) is 4.35. The van der Waals surface area contributed by atoms with Crippen LogP contribution in [0.4, 0.5) is 0 Å². The van der Waals surface area contributed by atoms with Crippen molar-refractivity contribution in [1.29, 1.82) is 0 Å². The largest absolute Gasteiger partial charge is 0.485 e. The first kappa shape index (κ1) is 19.0. The van der Waals surface area contributed by atoms with E-state index in [9.17, 15) is 4.79 Å². The molecular weight excluding hydrogens is 328 g/mol. The molecule has 2 saturated heterocycles. The Bertz CT molecular complexity index is 659. The van der Waals surface area contributed by atoms with E-state index in [1.54, 1.807) is 0 Å². The highest BCUT2D eigenvalue weighted by Gasteiger charge is 2.47. The molecule has 1 saturated carbocycles. The quantitative estimate of drug-likeness (QED) is 0.785. The van der Waals surface area contributed by atoms with Crippen molar-refractivity contribution in [3.63, 3.8) is 0 Å². The molecule has 5 heteroatoms. The monoisotopic (exact) mass is 360 g/mol. The standard InChI is InChI=1S/C21H32N2O3/c1-12(2)19-20(13(3)4)23(16-7-15(8-16)22-11-24)17-9-25-10-18(17)26-21(19)14(5)6/h11,15-18H,7-10H2,1-6H3,(H,22,24). The van der Waals surface area contributed by atoms with Crippen LogP contribution in [0.25, 0.3) is 0 Å². The number of rotatable bonds is 3. The number of fused-ring (bicyclic) bond motifs is 1. The molecule has 0 aromatic rings. The third-order valence-corrected chi connectivity index (χ3v) is 5.59. The van der Waals surface area contributed by atoms with Crippen LogP contribution in [0.15, 0.2) is 33.7 Å². The Balaban J connectivity index is 2.08. The van der Waals surface area contributed by atoms with Crippen LogP contribution in [0.5, 0.6) is 0 Å². The van der Waals surface area contributed by atoms with Crippen LogP contribution in [0.2, 0.25) is 0 Å². The molecule has 2 aliphatic heterocycles. The number of carbonyl (C=O) groups excluding carboxylic acids is 1. The van der Waals surface area contributed by atoms with E-state index in [0.717, 1.165) is 25.0 Å². The van der Waals surface area contributed by atoms with Crippen LogP contribution in [0, 0.1) is 0 Å². The maximum atomic E-state index is 10.8. The van der Waals surface area contributed by atoms with Gasteiger partial charge in [-0.15, -0.1) is 0 Å². The molecule has 1 N–H and O–H groups in total. The maximum absolute atomic E-state index is 10.8. The lowest BCUT2D eigenvalue weighted by Gasteiger charge is -2.47. The van der Waals surface area contributed by atoms with Crippen molar-refractivity contribution in [3.05, 3.63) is 33.7 Å². The van der Waals surface area contributed by atoms with Crippen molar-refractivity contribution in [3.8, 4) is 0 Å². The molecule has 1 aliphatic carbocycles. The van der Waals surface area contributed by atoms with E-state index < -0.39 is 0 Å². The molecule has 0 radical (unpaired) electrons. The summed E-state index contributed by atoms with van der Waals surface area (Å²) in [5.41, 5.74) is 6.27. The molecule has 5 nitrogen and oxygen atoms in total. The summed E-state index contributed by atoms with van der Waals surface area (Å²) in [6, 6.07) is 0.897. The molecule has 144 valence electrons. The zero-order valence-corrected chi connectivity index (χ0v) is 16.9. The van der Waals surface area contributed by atoms with Gasteiger partial charge in [0.25, 0.3) is 0 Å². The Labute approximate surface area is 157 Å². The smallest absolute Gasteiger partial charge is 0.207 e. The Kier molecular flexibility index (Phi) is 5.47. The molecule has 0 aromatic carbocycles. The SMILES string of the molecule is CC(C)=C1OC2COCC2N(C2CC(NC=O)C2)C(=C(C)C)C1=C(C)C. The van der Waals surface area contributed by atoms with Gasteiger partial charge in [-0.25, -0.2) is 0 Å². The predicted molar refractivity (Wildman–Crippen MR) is 102 cm³/mol. The highest BCUT2D eigenvalue weighted by Crippen LogP contribution is 2.43. The zero-order chi connectivity index (χ0) is 19.0. The van der Waals surface area contributed by atoms with Crippen molar-refractivity contribution < 1.29 is 14.3 Å². The van der Waals surface area contributed by atoms with Gasteiger partial charge in [-0.05, 0) is 60.0 Å². The third kappa shape index (κ3) is 3.29. The Morgan fingerprint density at radius 2 is 1.73 bits per heavy atom. The second kappa shape index (κ2) is 7.47. The second-order valence-corrected chi connectivity index (χ2v) is 8.33. The van der Waals surface area contributed by atoms with E-state index in [1.165, 1.54) is 28.0 Å². The van der Waals surface area contributed by atoms with E-state index in [-0.39, 0.29) is 18.2 Å². The molecular formula is C21H32N2O3. The first-order valence-corrected chi connectivity index (χ1v) is 9.60. The van der Waals surface area contributed by atoms with Crippen LogP contribution in [-0.2, 0) is 14.3 Å². The second-order valence-electron chi connectivity index (χ2n) is 8.33. The van der Waals surface area contributed by atoms with E-state index in [0.29, 0.717) is 19.3 Å². The summed E-state index contributed by atoms with van der Waals surface area (Å²) in [5.74, 6) is 1.01. The minimum atomic E-state index is 0.0455. The van der Waals surface area contributed by atoms with Crippen molar-refractivity contribution in [2.45, 2.75) is 78.6 Å². The van der Waals surface area contributed by atoms with Crippen molar-refractivity contribution >= 4 is 6.41 Å². The summed E-state index contributed by atoms with van der Waals surface area (Å²) in [4.78, 5) is 13.3. The Morgan fingerprint density at radius 1 is 1.04 bits per heavy atom. The topological polar surface area (TPSA) is 50.8 Å². The summed E-state index contributed by atoms with van der Waals surface area (Å²) in [6.07, 6.45) is 2.81. The molecule has 0 spiro atoms. The van der Waals surface area contributed by atoms with Crippen molar-refractivity contribution in [2.75, 3.05) is 13.2 Å². The number of allylic oxidation sites excluding steroid dienone is 3. The number of nitrogens with zero attached hydrogens (tertiary/aromatic N) is 1. The van der Waals surface area contributed by atoms with Gasteiger partial charge in [0.2, 0.25) is 6.41 Å². The lowest BCUT2D eigenvalue weighted by Crippen LogP contribution is -2.57. The third-order valence-electron chi connectivity index (χ3n) is 5.59. The number of hydrogen-bond acceptors (Lipinski definition) is 4. The summed E-state index contributed by atoms with van der Waals surface area (Å²) in [6.45, 7) is 14.3. The van der Waals surface area contributed by atoms with Gasteiger partial charge in [-0.3, -0.25) is 4.79 Å². The minimum Gasteiger partial charge on any atom is -0.485 e. The number of amides is 1. The van der Waals surface area contributed by atoms with Gasteiger partial charge in [0.05, 0.1) is 19.3 Å². The molecule has 3 rings (SSSR count). The number of nitrogens with one attached hydrogen (secondary N) is 1. The highest BCUT2D eigenvalue weighted by atomic mass is 16.6. The Hall–Kier alpha value is -1.75. The highest BCUT2D eigenvalue weighted by molar-refractivity contribution is 5.51. The lowest BCUT2D eigenvalue weighted by atomic mass is 9.83. The number of hydrogen-bond donors (Lipinski definition) is 1. The summed E-state index contributed by atoms with van der Waals surface area (Å²) >= 11 is 0.